The topological polar surface area (TPSA) is 88.2 Å². The Labute approximate surface area is 118 Å². The van der Waals surface area contributed by atoms with Crippen LogP contribution in [0, 0.1) is 0 Å². The van der Waals surface area contributed by atoms with Crippen LogP contribution < -0.4 is 10.6 Å². The van der Waals surface area contributed by atoms with E-state index in [9.17, 15) is 13.2 Å². The van der Waals surface area contributed by atoms with Gasteiger partial charge in [-0.15, -0.1) is 0 Å². The predicted molar refractivity (Wildman–Crippen MR) is 75.9 cm³/mol. The molecule has 1 aromatic heterocycles. The van der Waals surface area contributed by atoms with Crippen LogP contribution in [-0.4, -0.2) is 43.4 Å². The van der Waals surface area contributed by atoms with Gasteiger partial charge in [0.05, 0.1) is 17.5 Å². The van der Waals surface area contributed by atoms with Crippen molar-refractivity contribution in [3.8, 4) is 0 Å². The van der Waals surface area contributed by atoms with Crippen molar-refractivity contribution in [1.82, 2.24) is 15.6 Å². The Morgan fingerprint density at radius 1 is 1.60 bits per heavy atom. The second kappa shape index (κ2) is 6.32. The first-order valence-corrected chi connectivity index (χ1v) is 8.41. The largest absolute Gasteiger partial charge is 0.349 e. The Morgan fingerprint density at radius 3 is 3.05 bits per heavy atom. The molecule has 2 atom stereocenters. The van der Waals surface area contributed by atoms with Crippen molar-refractivity contribution in [2.24, 2.45) is 0 Å². The summed E-state index contributed by atoms with van der Waals surface area (Å²) in [6, 6.07) is 3.26. The van der Waals surface area contributed by atoms with Gasteiger partial charge in [-0.3, -0.25) is 9.78 Å². The zero-order chi connectivity index (χ0) is 14.6. The molecule has 2 unspecified atom stereocenters. The van der Waals surface area contributed by atoms with Crippen molar-refractivity contribution in [3.05, 3.63) is 30.1 Å². The Hall–Kier alpha value is -1.47. The number of sulfone groups is 1. The second-order valence-corrected chi connectivity index (χ2v) is 7.27. The Morgan fingerprint density at radius 2 is 2.40 bits per heavy atom. The molecule has 6 nitrogen and oxygen atoms in total. The van der Waals surface area contributed by atoms with Gasteiger partial charge in [0.25, 0.3) is 0 Å². The maximum Gasteiger partial charge on any atom is 0.222 e. The summed E-state index contributed by atoms with van der Waals surface area (Å²) in [4.78, 5) is 15.9. The van der Waals surface area contributed by atoms with E-state index in [0.717, 1.165) is 5.56 Å². The number of nitrogens with one attached hydrogen (secondary N) is 2. The van der Waals surface area contributed by atoms with E-state index in [-0.39, 0.29) is 35.9 Å². The van der Waals surface area contributed by atoms with E-state index in [4.69, 9.17) is 0 Å². The van der Waals surface area contributed by atoms with Crippen LogP contribution in [0.4, 0.5) is 0 Å². The summed E-state index contributed by atoms with van der Waals surface area (Å²) >= 11 is 0. The fourth-order valence-corrected chi connectivity index (χ4v) is 3.68. The molecule has 0 radical (unpaired) electrons. The van der Waals surface area contributed by atoms with Crippen LogP contribution >= 0.6 is 0 Å². The molecule has 110 valence electrons. The summed E-state index contributed by atoms with van der Waals surface area (Å²) in [7, 11) is -3.01. The number of aromatic nitrogens is 1. The van der Waals surface area contributed by atoms with Gasteiger partial charge in [0.1, 0.15) is 0 Å². The van der Waals surface area contributed by atoms with Crippen LogP contribution in [0.2, 0.25) is 0 Å². The van der Waals surface area contributed by atoms with Crippen molar-refractivity contribution in [2.45, 2.75) is 25.4 Å². The third kappa shape index (κ3) is 4.28. The highest BCUT2D eigenvalue weighted by molar-refractivity contribution is 7.91. The molecule has 0 aromatic carbocycles. The average Bonchev–Trinajstić information content (AvgIpc) is 2.38. The minimum Gasteiger partial charge on any atom is -0.349 e. The zero-order valence-corrected chi connectivity index (χ0v) is 12.2. The molecular weight excluding hydrogens is 278 g/mol. The summed E-state index contributed by atoms with van der Waals surface area (Å²) < 4.78 is 23.0. The van der Waals surface area contributed by atoms with Gasteiger partial charge in [-0.2, -0.15) is 0 Å². The molecule has 1 aliphatic rings. The van der Waals surface area contributed by atoms with E-state index < -0.39 is 9.84 Å². The highest BCUT2D eigenvalue weighted by Crippen LogP contribution is 2.11. The summed E-state index contributed by atoms with van der Waals surface area (Å²) in [6.07, 6.45) is 3.55. The van der Waals surface area contributed by atoms with Crippen LogP contribution in [0.1, 0.15) is 24.9 Å². The molecule has 2 heterocycles. The Kier molecular flexibility index (Phi) is 4.72. The van der Waals surface area contributed by atoms with E-state index in [1.165, 1.54) is 0 Å². The fourth-order valence-electron chi connectivity index (χ4n) is 2.24. The van der Waals surface area contributed by atoms with Gasteiger partial charge in [-0.1, -0.05) is 6.07 Å². The number of rotatable bonds is 4. The molecule has 1 fully saturated rings. The Balaban J connectivity index is 1.86. The van der Waals surface area contributed by atoms with Gasteiger partial charge in [0, 0.05) is 31.4 Å². The molecule has 0 bridgehead atoms. The van der Waals surface area contributed by atoms with E-state index in [1.807, 2.05) is 19.1 Å². The first kappa shape index (κ1) is 14.9. The van der Waals surface area contributed by atoms with Crippen LogP contribution in [0.5, 0.6) is 0 Å². The minimum absolute atomic E-state index is 0.0295. The Bertz CT molecular complexity index is 559. The monoisotopic (exact) mass is 297 g/mol. The highest BCUT2D eigenvalue weighted by atomic mass is 32.2. The molecule has 20 heavy (non-hydrogen) atoms. The molecular formula is C13H19N3O3S. The van der Waals surface area contributed by atoms with Crippen molar-refractivity contribution in [3.63, 3.8) is 0 Å². The summed E-state index contributed by atoms with van der Waals surface area (Å²) in [5.74, 6) is 0.0229. The van der Waals surface area contributed by atoms with Gasteiger partial charge in [0.2, 0.25) is 5.91 Å². The molecule has 1 amide bonds. The molecule has 7 heteroatoms. The number of nitrogens with zero attached hydrogens (tertiary/aromatic N) is 1. The molecule has 1 aromatic rings. The van der Waals surface area contributed by atoms with Crippen molar-refractivity contribution in [1.29, 1.82) is 0 Å². The summed E-state index contributed by atoms with van der Waals surface area (Å²) in [6.45, 7) is 2.29. The molecule has 0 spiro atoms. The van der Waals surface area contributed by atoms with Crippen LogP contribution in [-0.2, 0) is 14.6 Å². The van der Waals surface area contributed by atoms with Gasteiger partial charge in [-0.25, -0.2) is 8.42 Å². The fraction of sp³-hybridized carbons (Fsp3) is 0.538. The van der Waals surface area contributed by atoms with E-state index in [1.54, 1.807) is 12.4 Å². The van der Waals surface area contributed by atoms with Gasteiger partial charge in [-0.05, 0) is 18.6 Å². The first-order valence-electron chi connectivity index (χ1n) is 6.59. The quantitative estimate of drug-likeness (QED) is 0.819. The smallest absolute Gasteiger partial charge is 0.222 e. The van der Waals surface area contributed by atoms with Crippen LogP contribution in [0.3, 0.4) is 0 Å². The molecule has 1 saturated heterocycles. The van der Waals surface area contributed by atoms with Crippen molar-refractivity contribution < 1.29 is 13.2 Å². The van der Waals surface area contributed by atoms with E-state index >= 15 is 0 Å². The van der Waals surface area contributed by atoms with E-state index in [2.05, 4.69) is 15.6 Å². The van der Waals surface area contributed by atoms with Crippen LogP contribution in [0.15, 0.2) is 24.5 Å². The average molecular weight is 297 g/mol. The number of carbonyl (C=O) groups is 1. The third-order valence-electron chi connectivity index (χ3n) is 3.29. The maximum absolute atomic E-state index is 11.9. The lowest BCUT2D eigenvalue weighted by Crippen LogP contribution is -2.47. The zero-order valence-electron chi connectivity index (χ0n) is 11.4. The normalized spacial score (nSPS) is 22.9. The molecule has 2 N–H and O–H groups in total. The molecule has 2 rings (SSSR count). The summed E-state index contributed by atoms with van der Waals surface area (Å²) in [5, 5.41) is 5.92. The van der Waals surface area contributed by atoms with Gasteiger partial charge >= 0.3 is 0 Å². The predicted octanol–water partition coefficient (Wildman–Crippen LogP) is 0.0355. The second-order valence-electron chi connectivity index (χ2n) is 5.05. The van der Waals surface area contributed by atoms with E-state index in [0.29, 0.717) is 6.54 Å². The number of carbonyl (C=O) groups excluding carboxylic acids is 1. The minimum atomic E-state index is -3.01. The van der Waals surface area contributed by atoms with Crippen molar-refractivity contribution in [2.75, 3.05) is 18.1 Å². The number of hydrogen-bond acceptors (Lipinski definition) is 5. The van der Waals surface area contributed by atoms with Crippen LogP contribution in [0.25, 0.3) is 0 Å². The number of amides is 1. The highest BCUT2D eigenvalue weighted by Gasteiger charge is 2.26. The van der Waals surface area contributed by atoms with Crippen molar-refractivity contribution >= 4 is 15.7 Å². The molecule has 0 saturated carbocycles. The standard InChI is InChI=1S/C13H19N3O3S/c1-10(11-3-2-4-14-8-11)16-13(17)7-12-9-20(18,19)6-5-15-12/h2-4,8,10,12,15H,5-7,9H2,1H3,(H,16,17). The van der Waals surface area contributed by atoms with Gasteiger partial charge in [0.15, 0.2) is 9.84 Å². The first-order chi connectivity index (χ1) is 9.46. The lowest BCUT2D eigenvalue weighted by Gasteiger charge is -2.24. The lowest BCUT2D eigenvalue weighted by atomic mass is 10.1. The molecule has 1 aliphatic heterocycles. The lowest BCUT2D eigenvalue weighted by molar-refractivity contribution is -0.122. The number of pyridine rings is 1. The van der Waals surface area contributed by atoms with Gasteiger partial charge < -0.3 is 10.6 Å². The third-order valence-corrected chi connectivity index (χ3v) is 5.03. The molecule has 0 aliphatic carbocycles. The SMILES string of the molecule is CC(NC(=O)CC1CS(=O)(=O)CCN1)c1cccnc1. The number of hydrogen-bond donors (Lipinski definition) is 2. The maximum atomic E-state index is 11.9. The summed E-state index contributed by atoms with van der Waals surface area (Å²) in [5.41, 5.74) is 0.921.